The lowest BCUT2D eigenvalue weighted by Gasteiger charge is -2.37. The maximum absolute atomic E-state index is 13.2. The van der Waals surface area contributed by atoms with E-state index >= 15 is 0 Å². The molecule has 120 valence electrons. The van der Waals surface area contributed by atoms with E-state index in [2.05, 4.69) is 10.6 Å². The second-order valence-electron chi connectivity index (χ2n) is 6.07. The Morgan fingerprint density at radius 1 is 1.17 bits per heavy atom. The average Bonchev–Trinajstić information content (AvgIpc) is 3.20. The number of para-hydroxylation sites is 1. The maximum Gasteiger partial charge on any atom is 0.234 e. The van der Waals surface area contributed by atoms with Crippen molar-refractivity contribution >= 4 is 5.91 Å². The van der Waals surface area contributed by atoms with Crippen molar-refractivity contribution in [2.24, 2.45) is 7.05 Å². The number of benzene rings is 1. The molecule has 2 aromatic rings. The topological polar surface area (TPSA) is 43.7 Å². The smallest absolute Gasteiger partial charge is 0.234 e. The van der Waals surface area contributed by atoms with E-state index in [4.69, 9.17) is 9.47 Å². The number of carbonyl (C=O) groups is 1. The molecule has 4 rings (SSSR count). The van der Waals surface area contributed by atoms with Crippen LogP contribution in [0.4, 0.5) is 0 Å². The largest absolute Gasteiger partial charge is 0.492 e. The van der Waals surface area contributed by atoms with Gasteiger partial charge in [0.1, 0.15) is 18.3 Å². The molecule has 0 bridgehead atoms. The van der Waals surface area contributed by atoms with Crippen LogP contribution in [0.3, 0.4) is 0 Å². The van der Waals surface area contributed by atoms with Crippen molar-refractivity contribution < 1.29 is 14.3 Å². The Balaban J connectivity index is 1.63. The SMILES string of the molecule is Cn1cccc1[C@@H]1COCCN1C(=O)[C@H]1COc2ccccc21. The first-order chi connectivity index (χ1) is 11.3. The van der Waals surface area contributed by atoms with Gasteiger partial charge >= 0.3 is 0 Å². The molecule has 1 fully saturated rings. The fourth-order valence-corrected chi connectivity index (χ4v) is 3.50. The minimum atomic E-state index is -0.216. The van der Waals surface area contributed by atoms with E-state index in [0.29, 0.717) is 26.4 Å². The first-order valence-electron chi connectivity index (χ1n) is 7.97. The number of rotatable bonds is 2. The highest BCUT2D eigenvalue weighted by Crippen LogP contribution is 2.36. The molecule has 2 aliphatic rings. The van der Waals surface area contributed by atoms with Gasteiger partial charge in [0.05, 0.1) is 19.3 Å². The quantitative estimate of drug-likeness (QED) is 0.853. The molecular formula is C18H20N2O3. The normalized spacial score (nSPS) is 23.4. The monoisotopic (exact) mass is 312 g/mol. The highest BCUT2D eigenvalue weighted by Gasteiger charge is 2.38. The highest BCUT2D eigenvalue weighted by atomic mass is 16.5. The molecule has 5 heteroatoms. The van der Waals surface area contributed by atoms with Crippen LogP contribution in [0.2, 0.25) is 0 Å². The van der Waals surface area contributed by atoms with Crippen molar-refractivity contribution in [1.29, 1.82) is 0 Å². The number of morpholine rings is 1. The molecule has 0 spiro atoms. The van der Waals surface area contributed by atoms with Crippen LogP contribution in [0.25, 0.3) is 0 Å². The van der Waals surface area contributed by atoms with E-state index in [9.17, 15) is 4.79 Å². The molecule has 1 saturated heterocycles. The molecule has 3 heterocycles. The molecule has 0 unspecified atom stereocenters. The second-order valence-corrected chi connectivity index (χ2v) is 6.07. The average molecular weight is 312 g/mol. The predicted octanol–water partition coefficient (Wildman–Crippen LogP) is 2.10. The lowest BCUT2D eigenvalue weighted by molar-refractivity contribution is -0.142. The summed E-state index contributed by atoms with van der Waals surface area (Å²) in [5.74, 6) is 0.742. The summed E-state index contributed by atoms with van der Waals surface area (Å²) < 4.78 is 13.4. The predicted molar refractivity (Wildman–Crippen MR) is 85.4 cm³/mol. The number of nitrogens with zero attached hydrogens (tertiary/aromatic N) is 2. The van der Waals surface area contributed by atoms with Gasteiger partial charge in [0.2, 0.25) is 5.91 Å². The Hall–Kier alpha value is -2.27. The van der Waals surface area contributed by atoms with Gasteiger partial charge in [-0.1, -0.05) is 18.2 Å². The fraction of sp³-hybridized carbons (Fsp3) is 0.389. The molecule has 5 nitrogen and oxygen atoms in total. The van der Waals surface area contributed by atoms with Crippen molar-refractivity contribution in [2.75, 3.05) is 26.4 Å². The van der Waals surface area contributed by atoms with Crippen LogP contribution >= 0.6 is 0 Å². The van der Waals surface area contributed by atoms with Gasteiger partial charge in [0.15, 0.2) is 0 Å². The van der Waals surface area contributed by atoms with Crippen LogP contribution in [-0.2, 0) is 16.6 Å². The fourth-order valence-electron chi connectivity index (χ4n) is 3.50. The zero-order valence-electron chi connectivity index (χ0n) is 13.1. The molecule has 0 radical (unpaired) electrons. The van der Waals surface area contributed by atoms with E-state index in [-0.39, 0.29) is 17.9 Å². The minimum absolute atomic E-state index is 0.0380. The van der Waals surface area contributed by atoms with E-state index in [1.54, 1.807) is 0 Å². The molecular weight excluding hydrogens is 292 g/mol. The van der Waals surface area contributed by atoms with Gasteiger partial charge in [-0.2, -0.15) is 0 Å². The van der Waals surface area contributed by atoms with Crippen LogP contribution in [-0.4, -0.2) is 41.7 Å². The van der Waals surface area contributed by atoms with Gasteiger partial charge in [0, 0.05) is 31.0 Å². The minimum Gasteiger partial charge on any atom is -0.492 e. The number of ether oxygens (including phenoxy) is 2. The van der Waals surface area contributed by atoms with E-state index < -0.39 is 0 Å². The third-order valence-electron chi connectivity index (χ3n) is 4.73. The molecule has 2 atom stereocenters. The van der Waals surface area contributed by atoms with Crippen molar-refractivity contribution in [2.45, 2.75) is 12.0 Å². The summed E-state index contributed by atoms with van der Waals surface area (Å²) in [6.07, 6.45) is 2.00. The first-order valence-corrected chi connectivity index (χ1v) is 7.97. The van der Waals surface area contributed by atoms with E-state index in [0.717, 1.165) is 17.0 Å². The van der Waals surface area contributed by atoms with Crippen LogP contribution in [0.15, 0.2) is 42.6 Å². The molecule has 2 aliphatic heterocycles. The Bertz CT molecular complexity index is 725. The third-order valence-corrected chi connectivity index (χ3v) is 4.73. The summed E-state index contributed by atoms with van der Waals surface area (Å²) >= 11 is 0. The molecule has 0 N–H and O–H groups in total. The second kappa shape index (κ2) is 5.74. The molecule has 0 aliphatic carbocycles. The lowest BCUT2D eigenvalue weighted by Crippen LogP contribution is -2.46. The van der Waals surface area contributed by atoms with Gasteiger partial charge in [-0.25, -0.2) is 0 Å². The van der Waals surface area contributed by atoms with Gasteiger partial charge in [-0.15, -0.1) is 0 Å². The standard InChI is InChI=1S/C18H20N2O3/c1-19-8-4-6-15(19)16-12-22-10-9-20(16)18(21)14-11-23-17-7-3-2-5-13(14)17/h2-8,14,16H,9-12H2,1H3/t14-,16-/m0/s1. The summed E-state index contributed by atoms with van der Waals surface area (Å²) in [5, 5.41) is 0. The van der Waals surface area contributed by atoms with Crippen LogP contribution in [0, 0.1) is 0 Å². The molecule has 0 saturated carbocycles. The van der Waals surface area contributed by atoms with Crippen molar-refractivity contribution in [3.05, 3.63) is 53.9 Å². The summed E-state index contributed by atoms with van der Waals surface area (Å²) in [4.78, 5) is 15.1. The van der Waals surface area contributed by atoms with Crippen molar-refractivity contribution in [3.63, 3.8) is 0 Å². The molecule has 1 aromatic carbocycles. The number of carbonyl (C=O) groups excluding carboxylic acids is 1. The Labute approximate surface area is 135 Å². The van der Waals surface area contributed by atoms with Crippen molar-refractivity contribution in [3.8, 4) is 5.75 Å². The lowest BCUT2D eigenvalue weighted by atomic mass is 9.98. The van der Waals surface area contributed by atoms with Crippen LogP contribution in [0.5, 0.6) is 5.75 Å². The highest BCUT2D eigenvalue weighted by molar-refractivity contribution is 5.86. The number of hydrogen-bond donors (Lipinski definition) is 0. The molecule has 1 aromatic heterocycles. The Morgan fingerprint density at radius 2 is 2.04 bits per heavy atom. The summed E-state index contributed by atoms with van der Waals surface area (Å²) in [5.41, 5.74) is 2.10. The van der Waals surface area contributed by atoms with E-state index in [1.807, 2.05) is 48.5 Å². The van der Waals surface area contributed by atoms with Gasteiger partial charge < -0.3 is 18.9 Å². The van der Waals surface area contributed by atoms with Crippen molar-refractivity contribution in [1.82, 2.24) is 9.47 Å². The third kappa shape index (κ3) is 2.41. The summed E-state index contributed by atoms with van der Waals surface area (Å²) in [6, 6.07) is 11.8. The Morgan fingerprint density at radius 3 is 2.87 bits per heavy atom. The van der Waals surface area contributed by atoms with Gasteiger partial charge in [-0.05, 0) is 18.2 Å². The maximum atomic E-state index is 13.2. The summed E-state index contributed by atoms with van der Waals surface area (Å²) in [7, 11) is 2.00. The summed E-state index contributed by atoms with van der Waals surface area (Å²) in [6.45, 7) is 2.17. The zero-order valence-corrected chi connectivity index (χ0v) is 13.1. The first kappa shape index (κ1) is 14.3. The Kier molecular flexibility index (Phi) is 3.58. The molecule has 23 heavy (non-hydrogen) atoms. The zero-order chi connectivity index (χ0) is 15.8. The number of hydrogen-bond acceptors (Lipinski definition) is 3. The van der Waals surface area contributed by atoms with Crippen LogP contribution < -0.4 is 4.74 Å². The van der Waals surface area contributed by atoms with E-state index in [1.165, 1.54) is 0 Å². The number of fused-ring (bicyclic) bond motifs is 1. The number of amides is 1. The van der Waals surface area contributed by atoms with Gasteiger partial charge in [-0.3, -0.25) is 4.79 Å². The van der Waals surface area contributed by atoms with Crippen LogP contribution in [0.1, 0.15) is 23.2 Å². The molecule has 1 amide bonds. The number of aryl methyl sites for hydroxylation is 1. The van der Waals surface area contributed by atoms with Gasteiger partial charge in [0.25, 0.3) is 0 Å². The number of aromatic nitrogens is 1.